The van der Waals surface area contributed by atoms with E-state index < -0.39 is 12.9 Å². The molecule has 0 aliphatic rings. The lowest BCUT2D eigenvalue weighted by molar-refractivity contribution is -0.0278. The average Bonchev–Trinajstić information content (AvgIpc) is 1.36. The Kier molecular flexibility index (Phi) is 5.42. The second-order valence-corrected chi connectivity index (χ2v) is 0.669. The minimum absolute atomic E-state index is 0. The van der Waals surface area contributed by atoms with Crippen molar-refractivity contribution < 1.29 is 23.0 Å². The van der Waals surface area contributed by atoms with Gasteiger partial charge in [0.1, 0.15) is 0 Å². The fraction of sp³-hybridized carbons (Fsp3) is 1.00. The Hall–Kier alpha value is -0.320. The smallest absolute Gasteiger partial charge is 0.298 e. The van der Waals surface area contributed by atoms with Crippen molar-refractivity contribution in [1.29, 1.82) is 0 Å². The van der Waals surface area contributed by atoms with Crippen LogP contribution in [0.4, 0.5) is 17.6 Å². The van der Waals surface area contributed by atoms with E-state index in [-0.39, 0.29) is 5.48 Å². The van der Waals surface area contributed by atoms with Crippen LogP contribution in [0.2, 0.25) is 0 Å². The lowest BCUT2D eigenvalue weighted by Crippen LogP contribution is -2.02. The molecule has 46 valence electrons. The van der Waals surface area contributed by atoms with Crippen LogP contribution < -0.4 is 0 Å². The lowest BCUT2D eigenvalue weighted by Gasteiger charge is -1.89. The Labute approximate surface area is 37.2 Å². The summed E-state index contributed by atoms with van der Waals surface area (Å²) in [6.45, 7) is 0. The fourth-order valence-electron chi connectivity index (χ4n) is 0. The van der Waals surface area contributed by atoms with Crippen molar-refractivity contribution in [1.82, 2.24) is 0 Å². The molecule has 0 heterocycles. The monoisotopic (exact) mass is 120 g/mol. The highest BCUT2D eigenvalue weighted by molar-refractivity contribution is 4.35. The molecule has 7 heavy (non-hydrogen) atoms. The van der Waals surface area contributed by atoms with Crippen molar-refractivity contribution in [2.45, 2.75) is 12.9 Å². The van der Waals surface area contributed by atoms with Gasteiger partial charge in [-0.15, -0.1) is 0 Å². The van der Waals surface area contributed by atoms with Gasteiger partial charge in [0, 0.05) is 0 Å². The Morgan fingerprint density at radius 2 is 0.857 bits per heavy atom. The summed E-state index contributed by atoms with van der Waals surface area (Å²) in [5.74, 6) is 0. The summed E-state index contributed by atoms with van der Waals surface area (Å²) in [6, 6.07) is 0. The standard InChI is InChI=1S/C2H2F4.H2O/c3-1(4)2(5)6;/h1-2H;1H2. The highest BCUT2D eigenvalue weighted by Gasteiger charge is 2.15. The minimum atomic E-state index is -3.48. The van der Waals surface area contributed by atoms with Gasteiger partial charge in [0.25, 0.3) is 12.9 Å². The second-order valence-electron chi connectivity index (χ2n) is 0.669. The van der Waals surface area contributed by atoms with Crippen LogP contribution >= 0.6 is 0 Å². The summed E-state index contributed by atoms with van der Waals surface area (Å²) >= 11 is 0. The maximum atomic E-state index is 10.4. The van der Waals surface area contributed by atoms with Crippen LogP contribution in [0.15, 0.2) is 0 Å². The third-order valence-corrected chi connectivity index (χ3v) is 0.190. The van der Waals surface area contributed by atoms with E-state index >= 15 is 0 Å². The van der Waals surface area contributed by atoms with E-state index in [0.717, 1.165) is 0 Å². The molecule has 0 unspecified atom stereocenters. The summed E-state index contributed by atoms with van der Waals surface area (Å²) in [5, 5.41) is 0. The van der Waals surface area contributed by atoms with E-state index in [9.17, 15) is 17.6 Å². The van der Waals surface area contributed by atoms with Crippen LogP contribution in [-0.2, 0) is 0 Å². The Morgan fingerprint density at radius 3 is 0.857 bits per heavy atom. The minimum Gasteiger partial charge on any atom is -0.412 e. The maximum absolute atomic E-state index is 10.4. The van der Waals surface area contributed by atoms with Crippen LogP contribution in [0.1, 0.15) is 0 Å². The summed E-state index contributed by atoms with van der Waals surface area (Å²) in [5.41, 5.74) is 0. The van der Waals surface area contributed by atoms with Crippen molar-refractivity contribution in [3.63, 3.8) is 0 Å². The molecule has 0 aromatic rings. The molecule has 0 amide bonds. The van der Waals surface area contributed by atoms with E-state index in [2.05, 4.69) is 0 Å². The molecular weight excluding hydrogens is 116 g/mol. The molecule has 0 aliphatic heterocycles. The van der Waals surface area contributed by atoms with Gasteiger partial charge in [-0.1, -0.05) is 0 Å². The average molecular weight is 120 g/mol. The molecule has 0 spiro atoms. The Bertz CT molecular complexity index is 30.7. The molecule has 0 aromatic heterocycles. The Morgan fingerprint density at radius 1 is 0.714 bits per heavy atom. The molecule has 0 aliphatic carbocycles. The van der Waals surface area contributed by atoms with Gasteiger partial charge in [0.05, 0.1) is 0 Å². The summed E-state index contributed by atoms with van der Waals surface area (Å²) in [4.78, 5) is 0. The molecule has 0 aromatic carbocycles. The maximum Gasteiger partial charge on any atom is 0.298 e. The van der Waals surface area contributed by atoms with E-state index in [1.807, 2.05) is 0 Å². The molecule has 0 rings (SSSR count). The first-order valence-corrected chi connectivity index (χ1v) is 1.21. The van der Waals surface area contributed by atoms with Crippen LogP contribution in [0, 0.1) is 0 Å². The van der Waals surface area contributed by atoms with Gasteiger partial charge in [-0.2, -0.15) is 0 Å². The number of hydrogen-bond acceptors (Lipinski definition) is 0. The third kappa shape index (κ3) is 5.68. The molecule has 0 radical (unpaired) electrons. The van der Waals surface area contributed by atoms with Gasteiger partial charge < -0.3 is 5.48 Å². The first-order valence-electron chi connectivity index (χ1n) is 1.21. The zero-order valence-corrected chi connectivity index (χ0v) is 3.17. The first kappa shape index (κ1) is 9.84. The van der Waals surface area contributed by atoms with Crippen molar-refractivity contribution in [2.75, 3.05) is 0 Å². The molecule has 5 heteroatoms. The van der Waals surface area contributed by atoms with E-state index in [4.69, 9.17) is 0 Å². The van der Waals surface area contributed by atoms with Gasteiger partial charge in [-0.05, 0) is 0 Å². The zero-order chi connectivity index (χ0) is 5.15. The first-order chi connectivity index (χ1) is 2.64. The van der Waals surface area contributed by atoms with Gasteiger partial charge in [-0.3, -0.25) is 0 Å². The van der Waals surface area contributed by atoms with Crippen molar-refractivity contribution in [3.05, 3.63) is 0 Å². The predicted octanol–water partition coefficient (Wildman–Crippen LogP) is 0.692. The number of halogens is 4. The third-order valence-electron chi connectivity index (χ3n) is 0.190. The molecule has 0 fully saturated rings. The van der Waals surface area contributed by atoms with E-state index in [1.165, 1.54) is 0 Å². The topological polar surface area (TPSA) is 31.5 Å². The number of hydrogen-bond donors (Lipinski definition) is 0. The SMILES string of the molecule is FC(F)C(F)F.O. The van der Waals surface area contributed by atoms with Crippen LogP contribution in [0.25, 0.3) is 0 Å². The number of rotatable bonds is 1. The van der Waals surface area contributed by atoms with Gasteiger partial charge in [0.2, 0.25) is 0 Å². The summed E-state index contributed by atoms with van der Waals surface area (Å²) in [6.07, 6.45) is -6.96. The van der Waals surface area contributed by atoms with Crippen LogP contribution in [0.3, 0.4) is 0 Å². The highest BCUT2D eigenvalue weighted by atomic mass is 19.3. The molecule has 1 nitrogen and oxygen atoms in total. The Balaban J connectivity index is 0. The van der Waals surface area contributed by atoms with Gasteiger partial charge in [0.15, 0.2) is 0 Å². The molecular formula is C2H4F4O. The van der Waals surface area contributed by atoms with E-state index in [0.29, 0.717) is 0 Å². The molecule has 0 atom stereocenters. The van der Waals surface area contributed by atoms with Crippen molar-refractivity contribution in [2.24, 2.45) is 0 Å². The second kappa shape index (κ2) is 3.86. The normalized spacial score (nSPS) is 9.43. The summed E-state index contributed by atoms with van der Waals surface area (Å²) in [7, 11) is 0. The molecule has 2 N–H and O–H groups in total. The lowest BCUT2D eigenvalue weighted by atomic mass is 10.8. The predicted molar refractivity (Wildman–Crippen MR) is 15.6 cm³/mol. The van der Waals surface area contributed by atoms with Crippen LogP contribution in [0.5, 0.6) is 0 Å². The number of alkyl halides is 4. The quantitative estimate of drug-likeness (QED) is 0.456. The zero-order valence-electron chi connectivity index (χ0n) is 3.17. The molecule has 0 saturated carbocycles. The fourth-order valence-corrected chi connectivity index (χ4v) is 0. The van der Waals surface area contributed by atoms with Crippen LogP contribution in [-0.4, -0.2) is 18.3 Å². The largest absolute Gasteiger partial charge is 0.412 e. The highest BCUT2D eigenvalue weighted by Crippen LogP contribution is 2.04. The van der Waals surface area contributed by atoms with Crippen molar-refractivity contribution in [3.8, 4) is 0 Å². The van der Waals surface area contributed by atoms with Gasteiger partial charge in [-0.25, -0.2) is 17.6 Å². The van der Waals surface area contributed by atoms with E-state index in [1.54, 1.807) is 0 Å². The molecule has 0 saturated heterocycles. The molecule has 0 bridgehead atoms. The van der Waals surface area contributed by atoms with Crippen molar-refractivity contribution >= 4 is 0 Å². The summed E-state index contributed by atoms with van der Waals surface area (Å²) < 4.78 is 41.6. The van der Waals surface area contributed by atoms with Gasteiger partial charge >= 0.3 is 0 Å².